The highest BCUT2D eigenvalue weighted by Crippen LogP contribution is 2.25. The standard InChI is InChI=1S/C13H19F2NO2/c1-13(17,5-6-16-7-8-18-2)10-3-4-11(14)12(15)9-10/h3-4,9,16-17H,5-8H2,1-2H3. The second-order valence-electron chi connectivity index (χ2n) is 4.40. The van der Waals surface area contributed by atoms with Crippen molar-refractivity contribution in [1.29, 1.82) is 0 Å². The van der Waals surface area contributed by atoms with Gasteiger partial charge in [0.15, 0.2) is 11.6 Å². The molecule has 0 fully saturated rings. The van der Waals surface area contributed by atoms with E-state index in [1.165, 1.54) is 6.07 Å². The van der Waals surface area contributed by atoms with Crippen molar-refractivity contribution in [3.8, 4) is 0 Å². The van der Waals surface area contributed by atoms with E-state index in [4.69, 9.17) is 4.74 Å². The van der Waals surface area contributed by atoms with Crippen molar-refractivity contribution in [2.24, 2.45) is 0 Å². The van der Waals surface area contributed by atoms with Crippen LogP contribution in [0.1, 0.15) is 18.9 Å². The van der Waals surface area contributed by atoms with Crippen LogP contribution in [0.4, 0.5) is 8.78 Å². The van der Waals surface area contributed by atoms with Gasteiger partial charge in [-0.05, 0) is 37.6 Å². The van der Waals surface area contributed by atoms with Gasteiger partial charge in [-0.25, -0.2) is 8.78 Å². The van der Waals surface area contributed by atoms with E-state index in [9.17, 15) is 13.9 Å². The maximum Gasteiger partial charge on any atom is 0.159 e. The molecule has 1 unspecified atom stereocenters. The lowest BCUT2D eigenvalue weighted by atomic mass is 9.92. The molecule has 0 radical (unpaired) electrons. The van der Waals surface area contributed by atoms with Gasteiger partial charge in [0.25, 0.3) is 0 Å². The predicted octanol–water partition coefficient (Wildman–Crippen LogP) is 1.80. The molecule has 0 bridgehead atoms. The molecule has 18 heavy (non-hydrogen) atoms. The highest BCUT2D eigenvalue weighted by molar-refractivity contribution is 5.23. The van der Waals surface area contributed by atoms with Crippen LogP contribution >= 0.6 is 0 Å². The Bertz CT molecular complexity index is 383. The third kappa shape index (κ3) is 4.33. The lowest BCUT2D eigenvalue weighted by molar-refractivity contribution is 0.0471. The van der Waals surface area contributed by atoms with Gasteiger partial charge in [0.1, 0.15) is 0 Å². The molecule has 0 saturated carbocycles. The van der Waals surface area contributed by atoms with Crippen LogP contribution in [0, 0.1) is 11.6 Å². The van der Waals surface area contributed by atoms with Gasteiger partial charge in [-0.2, -0.15) is 0 Å². The average Bonchev–Trinajstić information content (AvgIpc) is 2.32. The highest BCUT2D eigenvalue weighted by atomic mass is 19.2. The minimum atomic E-state index is -1.19. The Morgan fingerprint density at radius 3 is 2.61 bits per heavy atom. The lowest BCUT2D eigenvalue weighted by Crippen LogP contribution is -2.29. The smallest absolute Gasteiger partial charge is 0.159 e. The Morgan fingerprint density at radius 2 is 2.00 bits per heavy atom. The molecule has 0 amide bonds. The van der Waals surface area contributed by atoms with E-state index in [1.807, 2.05) is 0 Å². The predicted molar refractivity (Wildman–Crippen MR) is 65.3 cm³/mol. The number of methoxy groups -OCH3 is 1. The third-order valence-electron chi connectivity index (χ3n) is 2.81. The number of hydrogen-bond acceptors (Lipinski definition) is 3. The summed E-state index contributed by atoms with van der Waals surface area (Å²) < 4.78 is 30.7. The molecule has 1 aromatic rings. The number of halogens is 2. The molecule has 3 nitrogen and oxygen atoms in total. The zero-order valence-corrected chi connectivity index (χ0v) is 10.7. The van der Waals surface area contributed by atoms with Gasteiger partial charge in [0.2, 0.25) is 0 Å². The Balaban J connectivity index is 2.54. The SMILES string of the molecule is COCCNCCC(C)(O)c1ccc(F)c(F)c1. The average molecular weight is 259 g/mol. The fraction of sp³-hybridized carbons (Fsp3) is 0.538. The van der Waals surface area contributed by atoms with Crippen LogP contribution < -0.4 is 5.32 Å². The van der Waals surface area contributed by atoms with Crippen molar-refractivity contribution >= 4 is 0 Å². The maximum atomic E-state index is 13.1. The molecule has 1 atom stereocenters. The second-order valence-corrected chi connectivity index (χ2v) is 4.40. The zero-order chi connectivity index (χ0) is 13.6. The monoisotopic (exact) mass is 259 g/mol. The summed E-state index contributed by atoms with van der Waals surface area (Å²) in [6, 6.07) is 3.45. The first kappa shape index (κ1) is 15.0. The van der Waals surface area contributed by atoms with Crippen LogP contribution in [0.2, 0.25) is 0 Å². The molecule has 5 heteroatoms. The Labute approximate surface area is 106 Å². The normalized spacial score (nSPS) is 14.5. The Hall–Kier alpha value is -1.04. The van der Waals surface area contributed by atoms with E-state index in [2.05, 4.69) is 5.32 Å². The minimum Gasteiger partial charge on any atom is -0.385 e. The molecular weight excluding hydrogens is 240 g/mol. The summed E-state index contributed by atoms with van der Waals surface area (Å²) in [5.41, 5.74) is -0.816. The molecule has 0 aliphatic rings. The van der Waals surface area contributed by atoms with Crippen molar-refractivity contribution in [1.82, 2.24) is 5.32 Å². The number of rotatable bonds is 7. The van der Waals surface area contributed by atoms with E-state index in [0.29, 0.717) is 31.7 Å². The van der Waals surface area contributed by atoms with Gasteiger partial charge >= 0.3 is 0 Å². The number of ether oxygens (including phenoxy) is 1. The summed E-state index contributed by atoms with van der Waals surface area (Å²) in [5, 5.41) is 13.3. The van der Waals surface area contributed by atoms with Gasteiger partial charge in [-0.15, -0.1) is 0 Å². The summed E-state index contributed by atoms with van der Waals surface area (Å²) in [4.78, 5) is 0. The van der Waals surface area contributed by atoms with Crippen molar-refractivity contribution in [3.05, 3.63) is 35.4 Å². The van der Waals surface area contributed by atoms with Crippen LogP contribution in [0.3, 0.4) is 0 Å². The highest BCUT2D eigenvalue weighted by Gasteiger charge is 2.23. The minimum absolute atomic E-state index is 0.370. The summed E-state index contributed by atoms with van der Waals surface area (Å²) in [6.07, 6.45) is 0.405. The summed E-state index contributed by atoms with van der Waals surface area (Å²) in [7, 11) is 1.61. The quantitative estimate of drug-likeness (QED) is 0.734. The molecule has 2 N–H and O–H groups in total. The first-order chi connectivity index (χ1) is 8.47. The van der Waals surface area contributed by atoms with E-state index >= 15 is 0 Å². The summed E-state index contributed by atoms with van der Waals surface area (Å²) in [5.74, 6) is -1.85. The molecule has 0 aliphatic carbocycles. The van der Waals surface area contributed by atoms with Crippen LogP contribution in [-0.2, 0) is 10.3 Å². The topological polar surface area (TPSA) is 41.5 Å². The van der Waals surface area contributed by atoms with Gasteiger partial charge in [-0.3, -0.25) is 0 Å². The van der Waals surface area contributed by atoms with Crippen LogP contribution in [0.15, 0.2) is 18.2 Å². The molecule has 0 spiro atoms. The van der Waals surface area contributed by atoms with Crippen LogP contribution in [0.25, 0.3) is 0 Å². The first-order valence-corrected chi connectivity index (χ1v) is 5.85. The van der Waals surface area contributed by atoms with E-state index in [0.717, 1.165) is 12.1 Å². The van der Waals surface area contributed by atoms with E-state index in [-0.39, 0.29) is 0 Å². The number of hydrogen-bond donors (Lipinski definition) is 2. The van der Waals surface area contributed by atoms with Crippen molar-refractivity contribution < 1.29 is 18.6 Å². The number of benzene rings is 1. The molecule has 1 aromatic carbocycles. The number of nitrogens with one attached hydrogen (secondary N) is 1. The van der Waals surface area contributed by atoms with Crippen LogP contribution in [-0.4, -0.2) is 31.9 Å². The van der Waals surface area contributed by atoms with Crippen LogP contribution in [0.5, 0.6) is 0 Å². The Morgan fingerprint density at radius 1 is 1.28 bits per heavy atom. The fourth-order valence-corrected chi connectivity index (χ4v) is 1.61. The fourth-order valence-electron chi connectivity index (χ4n) is 1.61. The van der Waals surface area contributed by atoms with Gasteiger partial charge in [0, 0.05) is 13.7 Å². The van der Waals surface area contributed by atoms with Gasteiger partial charge < -0.3 is 15.2 Å². The second kappa shape index (κ2) is 6.78. The largest absolute Gasteiger partial charge is 0.385 e. The van der Waals surface area contributed by atoms with Crippen molar-refractivity contribution in [3.63, 3.8) is 0 Å². The summed E-state index contributed by atoms with van der Waals surface area (Å²) in [6.45, 7) is 3.42. The van der Waals surface area contributed by atoms with E-state index < -0.39 is 17.2 Å². The lowest BCUT2D eigenvalue weighted by Gasteiger charge is -2.24. The number of aliphatic hydroxyl groups is 1. The molecule has 0 aromatic heterocycles. The maximum absolute atomic E-state index is 13.1. The molecule has 0 heterocycles. The molecule has 102 valence electrons. The molecule has 1 rings (SSSR count). The first-order valence-electron chi connectivity index (χ1n) is 5.85. The molecular formula is C13H19F2NO2. The van der Waals surface area contributed by atoms with Crippen molar-refractivity contribution in [2.75, 3.05) is 26.8 Å². The third-order valence-corrected chi connectivity index (χ3v) is 2.81. The van der Waals surface area contributed by atoms with Gasteiger partial charge in [0.05, 0.1) is 12.2 Å². The van der Waals surface area contributed by atoms with E-state index in [1.54, 1.807) is 14.0 Å². The molecule has 0 aliphatic heterocycles. The Kier molecular flexibility index (Phi) is 5.65. The van der Waals surface area contributed by atoms with Crippen molar-refractivity contribution in [2.45, 2.75) is 18.9 Å². The zero-order valence-electron chi connectivity index (χ0n) is 10.7. The summed E-state index contributed by atoms with van der Waals surface area (Å²) >= 11 is 0. The van der Waals surface area contributed by atoms with Gasteiger partial charge in [-0.1, -0.05) is 6.07 Å². The molecule has 0 saturated heterocycles.